The minimum absolute atomic E-state index is 0.0769. The molecule has 0 aliphatic carbocycles. The van der Waals surface area contributed by atoms with Crippen LogP contribution in [0.2, 0.25) is 0 Å². The highest BCUT2D eigenvalue weighted by Gasteiger charge is 2.20. The molecule has 0 saturated heterocycles. The van der Waals surface area contributed by atoms with E-state index in [2.05, 4.69) is 19.2 Å². The Kier molecular flexibility index (Phi) is 7.54. The van der Waals surface area contributed by atoms with E-state index in [0.717, 1.165) is 46.6 Å². The number of carbonyl (C=O) groups excluding carboxylic acids is 1. The van der Waals surface area contributed by atoms with Crippen molar-refractivity contribution in [2.24, 2.45) is 0 Å². The fourth-order valence-electron chi connectivity index (χ4n) is 3.93. The molecule has 0 spiro atoms. The lowest BCUT2D eigenvalue weighted by molar-refractivity contribution is -0.113. The molecule has 1 N–H and O–H groups in total. The van der Waals surface area contributed by atoms with E-state index in [0.29, 0.717) is 10.5 Å². The molecular formula is C27H29N3O2S2. The molecule has 4 aromatic rings. The van der Waals surface area contributed by atoms with Crippen molar-refractivity contribution in [2.45, 2.75) is 52.1 Å². The predicted molar refractivity (Wildman–Crippen MR) is 144 cm³/mol. The number of thioether (sulfide) groups is 1. The van der Waals surface area contributed by atoms with Crippen LogP contribution in [0.5, 0.6) is 0 Å². The summed E-state index contributed by atoms with van der Waals surface area (Å²) in [5.74, 6) is 0.0253. The topological polar surface area (TPSA) is 64.0 Å². The summed E-state index contributed by atoms with van der Waals surface area (Å²) in [6, 6.07) is 15.7. The smallest absolute Gasteiger partial charge is 0.267 e. The SMILES string of the molecule is CCCc1sc2nc(SCC(=O)Nc3cccc(C)c3)n(-c3ccc(CC)cc3)c(=O)c2c1C. The van der Waals surface area contributed by atoms with Gasteiger partial charge < -0.3 is 5.32 Å². The number of anilines is 1. The molecule has 0 bridgehead atoms. The second kappa shape index (κ2) is 10.6. The first-order valence-corrected chi connectivity index (χ1v) is 13.3. The number of hydrogen-bond donors (Lipinski definition) is 1. The molecule has 7 heteroatoms. The number of amides is 1. The van der Waals surface area contributed by atoms with E-state index < -0.39 is 0 Å². The first-order valence-electron chi connectivity index (χ1n) is 11.5. The third kappa shape index (κ3) is 5.10. The summed E-state index contributed by atoms with van der Waals surface area (Å²) in [4.78, 5) is 33.2. The number of carbonyl (C=O) groups is 1. The highest BCUT2D eigenvalue weighted by molar-refractivity contribution is 7.99. The van der Waals surface area contributed by atoms with Crippen molar-refractivity contribution in [3.63, 3.8) is 0 Å². The fraction of sp³-hybridized carbons (Fsp3) is 0.296. The van der Waals surface area contributed by atoms with Gasteiger partial charge in [-0.3, -0.25) is 14.2 Å². The molecule has 0 atom stereocenters. The lowest BCUT2D eigenvalue weighted by Crippen LogP contribution is -2.23. The van der Waals surface area contributed by atoms with Crippen molar-refractivity contribution < 1.29 is 4.79 Å². The van der Waals surface area contributed by atoms with Gasteiger partial charge in [0, 0.05) is 10.6 Å². The molecule has 4 rings (SSSR count). The Balaban J connectivity index is 1.72. The summed E-state index contributed by atoms with van der Waals surface area (Å²) in [5, 5.41) is 4.15. The number of rotatable bonds is 8. The average molecular weight is 492 g/mol. The van der Waals surface area contributed by atoms with Crippen molar-refractivity contribution in [3.05, 3.63) is 80.5 Å². The molecule has 0 aliphatic rings. The Morgan fingerprint density at radius 1 is 1.12 bits per heavy atom. The van der Waals surface area contributed by atoms with Gasteiger partial charge in [0.1, 0.15) is 4.83 Å². The van der Waals surface area contributed by atoms with Crippen LogP contribution in [0.15, 0.2) is 58.5 Å². The molecule has 34 heavy (non-hydrogen) atoms. The summed E-state index contributed by atoms with van der Waals surface area (Å²) in [6.07, 6.45) is 2.87. The van der Waals surface area contributed by atoms with E-state index in [1.807, 2.05) is 62.4 Å². The highest BCUT2D eigenvalue weighted by Crippen LogP contribution is 2.31. The predicted octanol–water partition coefficient (Wildman–Crippen LogP) is 6.31. The van der Waals surface area contributed by atoms with E-state index >= 15 is 0 Å². The average Bonchev–Trinajstić information content (AvgIpc) is 3.13. The molecule has 0 unspecified atom stereocenters. The Morgan fingerprint density at radius 2 is 1.88 bits per heavy atom. The van der Waals surface area contributed by atoms with Gasteiger partial charge >= 0.3 is 0 Å². The van der Waals surface area contributed by atoms with Crippen molar-refractivity contribution in [1.29, 1.82) is 0 Å². The van der Waals surface area contributed by atoms with Crippen LogP contribution in [0.25, 0.3) is 15.9 Å². The summed E-state index contributed by atoms with van der Waals surface area (Å²) in [7, 11) is 0. The Bertz CT molecular complexity index is 1390. The first-order chi connectivity index (χ1) is 16.4. The van der Waals surface area contributed by atoms with E-state index in [1.54, 1.807) is 15.9 Å². The monoisotopic (exact) mass is 491 g/mol. The van der Waals surface area contributed by atoms with Gasteiger partial charge in [0.05, 0.1) is 16.8 Å². The number of fused-ring (bicyclic) bond motifs is 1. The van der Waals surface area contributed by atoms with Gasteiger partial charge in [-0.1, -0.05) is 56.3 Å². The van der Waals surface area contributed by atoms with Gasteiger partial charge in [-0.05, 0) is 67.6 Å². The fourth-order valence-corrected chi connectivity index (χ4v) is 6.06. The number of nitrogens with one attached hydrogen (secondary N) is 1. The molecule has 2 heterocycles. The summed E-state index contributed by atoms with van der Waals surface area (Å²) >= 11 is 2.87. The standard InChI is InChI=1S/C27H29N3O2S2/c1-5-8-22-18(4)24-25(34-22)29-27(30(26(24)32)21-13-11-19(6-2)12-14-21)33-16-23(31)28-20-10-7-9-17(3)15-20/h7,9-15H,5-6,8,16H2,1-4H3,(H,28,31). The molecule has 176 valence electrons. The largest absolute Gasteiger partial charge is 0.325 e. The van der Waals surface area contributed by atoms with Gasteiger partial charge in [-0.25, -0.2) is 4.98 Å². The third-order valence-corrected chi connectivity index (χ3v) is 7.93. The van der Waals surface area contributed by atoms with E-state index in [1.165, 1.54) is 22.2 Å². The Morgan fingerprint density at radius 3 is 2.56 bits per heavy atom. The van der Waals surface area contributed by atoms with Crippen LogP contribution >= 0.6 is 23.1 Å². The normalized spacial score (nSPS) is 11.2. The zero-order chi connectivity index (χ0) is 24.2. The molecule has 5 nitrogen and oxygen atoms in total. The maximum Gasteiger partial charge on any atom is 0.267 e. The molecule has 0 aliphatic heterocycles. The number of hydrogen-bond acceptors (Lipinski definition) is 5. The van der Waals surface area contributed by atoms with E-state index in [-0.39, 0.29) is 17.2 Å². The molecule has 0 radical (unpaired) electrons. The lowest BCUT2D eigenvalue weighted by atomic mass is 10.1. The van der Waals surface area contributed by atoms with E-state index in [9.17, 15) is 9.59 Å². The van der Waals surface area contributed by atoms with Crippen LogP contribution in [-0.2, 0) is 17.6 Å². The van der Waals surface area contributed by atoms with Gasteiger partial charge in [-0.2, -0.15) is 0 Å². The second-order valence-electron chi connectivity index (χ2n) is 8.34. The maximum atomic E-state index is 13.7. The minimum atomic E-state index is -0.133. The van der Waals surface area contributed by atoms with Gasteiger partial charge in [0.2, 0.25) is 5.91 Å². The summed E-state index contributed by atoms with van der Waals surface area (Å²) in [5.41, 5.74) is 4.76. The molecular weight excluding hydrogens is 462 g/mol. The number of thiophene rings is 1. The molecule has 0 saturated carbocycles. The number of benzene rings is 2. The molecule has 0 fully saturated rings. The van der Waals surface area contributed by atoms with Crippen molar-refractivity contribution in [3.8, 4) is 5.69 Å². The molecule has 1 amide bonds. The molecule has 2 aromatic carbocycles. The van der Waals surface area contributed by atoms with Crippen LogP contribution in [-0.4, -0.2) is 21.2 Å². The lowest BCUT2D eigenvalue weighted by Gasteiger charge is -2.13. The summed E-state index contributed by atoms with van der Waals surface area (Å²) < 4.78 is 1.65. The van der Waals surface area contributed by atoms with Gasteiger partial charge in [-0.15, -0.1) is 11.3 Å². The van der Waals surface area contributed by atoms with Crippen LogP contribution < -0.4 is 10.9 Å². The van der Waals surface area contributed by atoms with Crippen molar-refractivity contribution in [1.82, 2.24) is 9.55 Å². The number of aromatic nitrogens is 2. The van der Waals surface area contributed by atoms with Crippen LogP contribution in [0.1, 0.15) is 41.8 Å². The minimum Gasteiger partial charge on any atom is -0.325 e. The van der Waals surface area contributed by atoms with Gasteiger partial charge in [0.15, 0.2) is 5.16 Å². The molecule has 2 aromatic heterocycles. The maximum absolute atomic E-state index is 13.7. The first kappa shape index (κ1) is 24.2. The van der Waals surface area contributed by atoms with Crippen LogP contribution in [0, 0.1) is 13.8 Å². The highest BCUT2D eigenvalue weighted by atomic mass is 32.2. The van der Waals surface area contributed by atoms with E-state index in [4.69, 9.17) is 4.98 Å². The zero-order valence-corrected chi connectivity index (χ0v) is 21.6. The second-order valence-corrected chi connectivity index (χ2v) is 10.4. The number of nitrogens with zero attached hydrogens (tertiary/aromatic N) is 2. The van der Waals surface area contributed by atoms with Gasteiger partial charge in [0.25, 0.3) is 5.56 Å². The Labute approximate surface area is 208 Å². The van der Waals surface area contributed by atoms with Crippen molar-refractivity contribution >= 4 is 44.9 Å². The summed E-state index contributed by atoms with van der Waals surface area (Å²) in [6.45, 7) is 8.24. The van der Waals surface area contributed by atoms with Crippen LogP contribution in [0.3, 0.4) is 0 Å². The zero-order valence-electron chi connectivity index (χ0n) is 20.0. The third-order valence-electron chi connectivity index (χ3n) is 5.75. The quantitative estimate of drug-likeness (QED) is 0.232. The van der Waals surface area contributed by atoms with Crippen LogP contribution in [0.4, 0.5) is 5.69 Å². The Hall–Kier alpha value is -2.90. The number of aryl methyl sites for hydroxylation is 4. The van der Waals surface area contributed by atoms with Crippen molar-refractivity contribution in [2.75, 3.05) is 11.1 Å².